The zero-order valence-corrected chi connectivity index (χ0v) is 16.3. The van der Waals surface area contributed by atoms with Crippen molar-refractivity contribution < 1.29 is 14.3 Å². The number of carbonyl (C=O) groups is 1. The van der Waals surface area contributed by atoms with Crippen LogP contribution in [0.5, 0.6) is 0 Å². The van der Waals surface area contributed by atoms with Crippen molar-refractivity contribution in [3.8, 4) is 0 Å². The first-order chi connectivity index (χ1) is 11.7. The summed E-state index contributed by atoms with van der Waals surface area (Å²) in [6.45, 7) is 10.3. The summed E-state index contributed by atoms with van der Waals surface area (Å²) < 4.78 is 10.6. The minimum Gasteiger partial charge on any atom is -0.444 e. The highest BCUT2D eigenvalue weighted by atomic mass is 16.6. The molecule has 2 aliphatic rings. The highest BCUT2D eigenvalue weighted by Gasteiger charge is 2.33. The number of guanidine groups is 1. The SMILES string of the molecule is CN=C(NCC1(C)COC1)NC1CCC(NC(=O)OC(C)(C)C)CC1. The van der Waals surface area contributed by atoms with E-state index in [0.717, 1.165) is 51.4 Å². The van der Waals surface area contributed by atoms with Gasteiger partial charge >= 0.3 is 6.09 Å². The van der Waals surface area contributed by atoms with Crippen LogP contribution in [0, 0.1) is 5.41 Å². The van der Waals surface area contributed by atoms with E-state index in [1.54, 1.807) is 7.05 Å². The fourth-order valence-corrected chi connectivity index (χ4v) is 3.09. The van der Waals surface area contributed by atoms with Crippen molar-refractivity contribution in [1.29, 1.82) is 0 Å². The van der Waals surface area contributed by atoms with Gasteiger partial charge in [-0.15, -0.1) is 0 Å². The summed E-state index contributed by atoms with van der Waals surface area (Å²) in [6.07, 6.45) is 3.57. The Bertz CT molecular complexity index is 475. The molecule has 0 unspecified atom stereocenters. The summed E-state index contributed by atoms with van der Waals surface area (Å²) in [7, 11) is 1.80. The largest absolute Gasteiger partial charge is 0.444 e. The van der Waals surface area contributed by atoms with Crippen LogP contribution in [0.25, 0.3) is 0 Å². The molecular weight excluding hydrogens is 320 g/mol. The number of amides is 1. The molecule has 1 saturated carbocycles. The Labute approximate surface area is 151 Å². The lowest BCUT2D eigenvalue weighted by molar-refractivity contribution is -0.0971. The van der Waals surface area contributed by atoms with Gasteiger partial charge in [0, 0.05) is 31.1 Å². The molecule has 7 nitrogen and oxygen atoms in total. The van der Waals surface area contributed by atoms with E-state index in [1.807, 2.05) is 20.8 Å². The fourth-order valence-electron chi connectivity index (χ4n) is 3.09. The third-order valence-electron chi connectivity index (χ3n) is 4.60. The average Bonchev–Trinajstić information content (AvgIpc) is 2.49. The van der Waals surface area contributed by atoms with Gasteiger partial charge in [0.05, 0.1) is 13.2 Å². The molecule has 0 bridgehead atoms. The topological polar surface area (TPSA) is 84.0 Å². The Morgan fingerprint density at radius 1 is 1.16 bits per heavy atom. The van der Waals surface area contributed by atoms with E-state index in [4.69, 9.17) is 9.47 Å². The molecule has 1 aliphatic carbocycles. The molecule has 0 radical (unpaired) electrons. The molecule has 0 spiro atoms. The molecule has 25 heavy (non-hydrogen) atoms. The zero-order chi connectivity index (χ0) is 18.5. The number of aliphatic imine (C=N–C) groups is 1. The number of hydrogen-bond donors (Lipinski definition) is 3. The van der Waals surface area contributed by atoms with Gasteiger partial charge in [0.25, 0.3) is 0 Å². The molecule has 0 aromatic rings. The Kier molecular flexibility index (Phi) is 6.54. The quantitative estimate of drug-likeness (QED) is 0.531. The third kappa shape index (κ3) is 6.72. The average molecular weight is 354 g/mol. The lowest BCUT2D eigenvalue weighted by Crippen LogP contribution is -2.53. The molecule has 2 rings (SSSR count). The first-order valence-electron chi connectivity index (χ1n) is 9.24. The van der Waals surface area contributed by atoms with Gasteiger partial charge in [-0.05, 0) is 46.5 Å². The molecule has 2 fully saturated rings. The van der Waals surface area contributed by atoms with E-state index >= 15 is 0 Å². The zero-order valence-electron chi connectivity index (χ0n) is 16.3. The first-order valence-corrected chi connectivity index (χ1v) is 9.24. The number of hydrogen-bond acceptors (Lipinski definition) is 4. The molecule has 3 N–H and O–H groups in total. The van der Waals surface area contributed by atoms with Gasteiger partial charge in [-0.2, -0.15) is 0 Å². The van der Waals surface area contributed by atoms with Crippen LogP contribution < -0.4 is 16.0 Å². The van der Waals surface area contributed by atoms with Crippen molar-refractivity contribution in [2.24, 2.45) is 10.4 Å². The lowest BCUT2D eigenvalue weighted by atomic mass is 9.89. The number of nitrogens with zero attached hydrogens (tertiary/aromatic N) is 1. The van der Waals surface area contributed by atoms with E-state index in [9.17, 15) is 4.79 Å². The second-order valence-corrected chi connectivity index (χ2v) is 8.57. The number of alkyl carbamates (subject to hydrolysis) is 1. The molecule has 1 aliphatic heterocycles. The van der Waals surface area contributed by atoms with Crippen LogP contribution in [-0.2, 0) is 9.47 Å². The van der Waals surface area contributed by atoms with Crippen molar-refractivity contribution >= 4 is 12.1 Å². The van der Waals surface area contributed by atoms with Crippen LogP contribution >= 0.6 is 0 Å². The monoisotopic (exact) mass is 354 g/mol. The smallest absolute Gasteiger partial charge is 0.407 e. The van der Waals surface area contributed by atoms with Gasteiger partial charge in [-0.1, -0.05) is 6.92 Å². The lowest BCUT2D eigenvalue weighted by Gasteiger charge is -2.38. The molecule has 7 heteroatoms. The van der Waals surface area contributed by atoms with E-state index in [1.165, 1.54) is 0 Å². The van der Waals surface area contributed by atoms with Gasteiger partial charge in [0.2, 0.25) is 0 Å². The first kappa shape index (κ1) is 19.8. The summed E-state index contributed by atoms with van der Waals surface area (Å²) in [5.74, 6) is 0.844. The van der Waals surface area contributed by atoms with Crippen molar-refractivity contribution in [2.45, 2.75) is 71.1 Å². The minimum atomic E-state index is -0.455. The van der Waals surface area contributed by atoms with Crippen molar-refractivity contribution in [3.05, 3.63) is 0 Å². The Morgan fingerprint density at radius 3 is 2.16 bits per heavy atom. The number of rotatable bonds is 4. The number of carbonyl (C=O) groups excluding carboxylic acids is 1. The highest BCUT2D eigenvalue weighted by molar-refractivity contribution is 5.80. The van der Waals surface area contributed by atoms with E-state index in [0.29, 0.717) is 6.04 Å². The maximum absolute atomic E-state index is 11.9. The molecule has 1 amide bonds. The Hall–Kier alpha value is -1.50. The Morgan fingerprint density at radius 2 is 1.72 bits per heavy atom. The van der Waals surface area contributed by atoms with Crippen LogP contribution in [0.1, 0.15) is 53.4 Å². The molecule has 1 heterocycles. The molecular formula is C18H34N4O3. The normalized spacial score (nSPS) is 26.4. The van der Waals surface area contributed by atoms with Crippen LogP contribution in [0.3, 0.4) is 0 Å². The standard InChI is InChI=1S/C18H34N4O3/c1-17(2,3)25-16(23)22-14-8-6-13(7-9-14)21-15(19-5)20-10-18(4)11-24-12-18/h13-14H,6-12H2,1-5H3,(H,22,23)(H2,19,20,21). The molecule has 0 atom stereocenters. The van der Waals surface area contributed by atoms with Gasteiger partial charge in [-0.25, -0.2) is 4.79 Å². The third-order valence-corrected chi connectivity index (χ3v) is 4.60. The summed E-state index contributed by atoms with van der Waals surface area (Å²) in [6, 6.07) is 0.572. The van der Waals surface area contributed by atoms with Crippen LogP contribution in [0.2, 0.25) is 0 Å². The van der Waals surface area contributed by atoms with E-state index in [2.05, 4.69) is 27.9 Å². The molecule has 1 saturated heterocycles. The minimum absolute atomic E-state index is 0.189. The highest BCUT2D eigenvalue weighted by Crippen LogP contribution is 2.25. The van der Waals surface area contributed by atoms with Crippen LogP contribution in [0.4, 0.5) is 4.79 Å². The van der Waals surface area contributed by atoms with Crippen molar-refractivity contribution in [1.82, 2.24) is 16.0 Å². The number of nitrogens with one attached hydrogen (secondary N) is 3. The fraction of sp³-hybridized carbons (Fsp3) is 0.889. The predicted molar refractivity (Wildman–Crippen MR) is 98.8 cm³/mol. The molecule has 144 valence electrons. The number of ether oxygens (including phenoxy) is 2. The second kappa shape index (κ2) is 8.25. The van der Waals surface area contributed by atoms with Crippen molar-refractivity contribution in [3.63, 3.8) is 0 Å². The summed E-state index contributed by atoms with van der Waals surface area (Å²) >= 11 is 0. The maximum atomic E-state index is 11.9. The second-order valence-electron chi connectivity index (χ2n) is 8.57. The van der Waals surface area contributed by atoms with Gasteiger partial charge in [0.1, 0.15) is 5.60 Å². The van der Waals surface area contributed by atoms with Gasteiger partial charge in [-0.3, -0.25) is 4.99 Å². The van der Waals surface area contributed by atoms with E-state index < -0.39 is 5.60 Å². The van der Waals surface area contributed by atoms with Crippen LogP contribution in [-0.4, -0.2) is 56.5 Å². The molecule has 0 aromatic heterocycles. The summed E-state index contributed by atoms with van der Waals surface area (Å²) in [4.78, 5) is 16.2. The van der Waals surface area contributed by atoms with Crippen LogP contribution in [0.15, 0.2) is 4.99 Å². The summed E-state index contributed by atoms with van der Waals surface area (Å²) in [5.41, 5.74) is -0.240. The predicted octanol–water partition coefficient (Wildman–Crippen LogP) is 2.02. The summed E-state index contributed by atoms with van der Waals surface area (Å²) in [5, 5.41) is 9.86. The van der Waals surface area contributed by atoms with Gasteiger partial charge < -0.3 is 25.4 Å². The maximum Gasteiger partial charge on any atom is 0.407 e. The molecule has 0 aromatic carbocycles. The van der Waals surface area contributed by atoms with Crippen molar-refractivity contribution in [2.75, 3.05) is 26.8 Å². The van der Waals surface area contributed by atoms with E-state index in [-0.39, 0.29) is 17.6 Å². The Balaban J connectivity index is 1.67. The van der Waals surface area contributed by atoms with Gasteiger partial charge in [0.15, 0.2) is 5.96 Å².